The third-order valence-electron chi connectivity index (χ3n) is 8.08. The second kappa shape index (κ2) is 15.3. The van der Waals surface area contributed by atoms with Crippen LogP contribution in [0.4, 0.5) is 23.7 Å². The fourth-order valence-electron chi connectivity index (χ4n) is 5.58. The average Bonchev–Trinajstić information content (AvgIpc) is 3.16. The Hall–Kier alpha value is -4.27. The van der Waals surface area contributed by atoms with Gasteiger partial charge in [-0.15, -0.1) is 11.8 Å². The number of carbonyl (C=O) groups is 4. The molecule has 0 spiro atoms. The van der Waals surface area contributed by atoms with E-state index in [9.17, 15) is 28.0 Å². The summed E-state index contributed by atoms with van der Waals surface area (Å²) in [6.45, 7) is 5.19. The first-order valence-electron chi connectivity index (χ1n) is 15.9. The molecule has 1 fully saturated rings. The Balaban J connectivity index is 1.35. The number of nitrogens with zero attached hydrogens (tertiary/aromatic N) is 2. The molecule has 1 saturated heterocycles. The van der Waals surface area contributed by atoms with Crippen LogP contribution in [-0.2, 0) is 27.4 Å². The third kappa shape index (κ3) is 9.29. The molecule has 3 aromatic carbocycles. The molecule has 50 heavy (non-hydrogen) atoms. The molecule has 15 heteroatoms. The monoisotopic (exact) mass is 731 g/mol. The maximum atomic E-state index is 15.5. The van der Waals surface area contributed by atoms with Gasteiger partial charge < -0.3 is 15.0 Å². The summed E-state index contributed by atoms with van der Waals surface area (Å²) < 4.78 is 50.6. The molecule has 3 N–H and O–H groups in total. The van der Waals surface area contributed by atoms with Crippen LogP contribution >= 0.6 is 23.4 Å². The van der Waals surface area contributed by atoms with Gasteiger partial charge in [0.25, 0.3) is 17.7 Å². The van der Waals surface area contributed by atoms with E-state index in [1.807, 2.05) is 30.3 Å². The van der Waals surface area contributed by atoms with E-state index in [0.717, 1.165) is 29.5 Å². The van der Waals surface area contributed by atoms with Crippen molar-refractivity contribution in [1.29, 1.82) is 0 Å². The van der Waals surface area contributed by atoms with E-state index in [-0.39, 0.29) is 31.1 Å². The number of alkyl halides is 2. The zero-order valence-electron chi connectivity index (χ0n) is 27.6. The van der Waals surface area contributed by atoms with Crippen molar-refractivity contribution in [3.63, 3.8) is 0 Å². The van der Waals surface area contributed by atoms with Crippen LogP contribution in [0.15, 0.2) is 71.6 Å². The minimum atomic E-state index is -3.33. The Bertz CT molecular complexity index is 1740. The molecule has 4 amide bonds. The third-order valence-corrected chi connectivity index (χ3v) is 9.47. The van der Waals surface area contributed by atoms with Crippen molar-refractivity contribution < 1.29 is 37.1 Å². The van der Waals surface area contributed by atoms with Gasteiger partial charge in [0, 0.05) is 41.7 Å². The van der Waals surface area contributed by atoms with Gasteiger partial charge in [0.2, 0.25) is 5.91 Å². The Morgan fingerprint density at radius 2 is 1.68 bits per heavy atom. The zero-order valence-corrected chi connectivity index (χ0v) is 29.2. The lowest BCUT2D eigenvalue weighted by molar-refractivity contribution is -0.151. The highest BCUT2D eigenvalue weighted by Gasteiger charge is 2.48. The summed E-state index contributed by atoms with van der Waals surface area (Å²) in [6.07, 6.45) is -1.37. The van der Waals surface area contributed by atoms with Crippen molar-refractivity contribution in [2.24, 2.45) is 5.92 Å². The molecule has 2 aliphatic heterocycles. The molecule has 2 aliphatic rings. The molecule has 2 atom stereocenters. The molecule has 0 aliphatic carbocycles. The molecule has 0 bridgehead atoms. The van der Waals surface area contributed by atoms with Gasteiger partial charge in [0.15, 0.2) is 0 Å². The number of hydrogen-bond donors (Lipinski definition) is 3. The van der Waals surface area contributed by atoms with Crippen LogP contribution in [0.25, 0.3) is 0 Å². The number of hydrazine groups is 1. The fourth-order valence-corrected chi connectivity index (χ4v) is 6.78. The van der Waals surface area contributed by atoms with Crippen LogP contribution in [0.5, 0.6) is 0 Å². The lowest BCUT2D eigenvalue weighted by Gasteiger charge is -2.37. The lowest BCUT2D eigenvalue weighted by atomic mass is 9.92. The molecule has 0 saturated carbocycles. The predicted octanol–water partition coefficient (Wildman–Crippen LogP) is 5.93. The average molecular weight is 732 g/mol. The predicted molar refractivity (Wildman–Crippen MR) is 183 cm³/mol. The molecule has 2 heterocycles. The highest BCUT2D eigenvalue weighted by atomic mass is 35.5. The van der Waals surface area contributed by atoms with Crippen molar-refractivity contribution in [2.45, 2.75) is 62.7 Å². The number of rotatable bonds is 7. The van der Waals surface area contributed by atoms with Gasteiger partial charge in [-0.1, -0.05) is 54.1 Å². The smallest absolute Gasteiger partial charge is 0.408 e. The molecule has 0 radical (unpaired) electrons. The molecular weight excluding hydrogens is 695 g/mol. The van der Waals surface area contributed by atoms with Gasteiger partial charge in [0.1, 0.15) is 23.4 Å². The molecule has 266 valence electrons. The topological polar surface area (TPSA) is 120 Å². The maximum absolute atomic E-state index is 15.5. The maximum Gasteiger partial charge on any atom is 0.408 e. The fraction of sp³-hybridized carbons (Fsp3) is 0.371. The van der Waals surface area contributed by atoms with Gasteiger partial charge in [-0.25, -0.2) is 18.0 Å². The number of halogens is 4. The van der Waals surface area contributed by atoms with E-state index in [1.54, 1.807) is 49.9 Å². The van der Waals surface area contributed by atoms with E-state index in [2.05, 4.69) is 16.2 Å². The Morgan fingerprint density at radius 1 is 1.00 bits per heavy atom. The molecule has 0 aromatic heterocycles. The normalized spacial score (nSPS) is 19.2. The Morgan fingerprint density at radius 3 is 2.36 bits per heavy atom. The van der Waals surface area contributed by atoms with Gasteiger partial charge in [0.05, 0.1) is 17.8 Å². The van der Waals surface area contributed by atoms with Crippen molar-refractivity contribution in [2.75, 3.05) is 23.7 Å². The number of amides is 4. The molecule has 10 nitrogen and oxygen atoms in total. The van der Waals surface area contributed by atoms with Gasteiger partial charge in [-0.05, 0) is 56.2 Å². The van der Waals surface area contributed by atoms with E-state index in [4.69, 9.17) is 16.3 Å². The largest absolute Gasteiger partial charge is 0.444 e. The number of anilines is 1. The van der Waals surface area contributed by atoms with Crippen molar-refractivity contribution in [3.8, 4) is 0 Å². The summed E-state index contributed by atoms with van der Waals surface area (Å²) in [6, 6.07) is 17.0. The molecule has 5 rings (SSSR count). The van der Waals surface area contributed by atoms with Crippen LogP contribution in [0, 0.1) is 11.7 Å². The lowest BCUT2D eigenvalue weighted by Crippen LogP contribution is -2.56. The Labute approximate surface area is 297 Å². The number of benzene rings is 3. The van der Waals surface area contributed by atoms with Gasteiger partial charge >= 0.3 is 6.09 Å². The minimum Gasteiger partial charge on any atom is -0.444 e. The van der Waals surface area contributed by atoms with Crippen LogP contribution in [0.1, 0.15) is 48.7 Å². The molecular formula is C35H37ClF3N5O5S. The van der Waals surface area contributed by atoms with E-state index >= 15 is 4.39 Å². The standard InChI is InChI=1S/C35H37ClF3N5O5S/c1-34(2,3)49-33(48)40-27-20-50-29-16-26(37)24(15-28(29)44(32(27)47)18-22-9-11-23(36)12-10-22)30(45)41-42-31(46)25-19-43(14-13-35(25,38)39)17-21-7-5-4-6-8-21/h4-12,15-16,25,27H,13-14,17-20H2,1-3H3,(H,40,48)(H,41,45)(H,42,46)/t25?,27-/m0/s1. The number of thioether (sulfide) groups is 1. The SMILES string of the molecule is CC(C)(C)OC(=O)N[C@H]1CSc2cc(F)c(C(=O)NNC(=O)C3CN(Cc4ccccc4)CCC3(F)F)cc2N(Cc2ccc(Cl)cc2)C1=O. The number of nitrogens with one attached hydrogen (secondary N) is 3. The van der Waals surface area contributed by atoms with Crippen molar-refractivity contribution in [3.05, 3.63) is 94.3 Å². The number of piperidine rings is 1. The number of carbonyl (C=O) groups excluding carboxylic acids is 4. The number of hydrogen-bond acceptors (Lipinski definition) is 7. The Kier molecular flexibility index (Phi) is 11.3. The summed E-state index contributed by atoms with van der Waals surface area (Å²) in [5, 5.41) is 3.05. The first-order chi connectivity index (χ1) is 23.6. The highest BCUT2D eigenvalue weighted by molar-refractivity contribution is 7.99. The van der Waals surface area contributed by atoms with Crippen molar-refractivity contribution in [1.82, 2.24) is 21.1 Å². The zero-order chi connectivity index (χ0) is 36.2. The summed E-state index contributed by atoms with van der Waals surface area (Å²) >= 11 is 7.14. The highest BCUT2D eigenvalue weighted by Crippen LogP contribution is 2.38. The molecule has 1 unspecified atom stereocenters. The summed E-state index contributed by atoms with van der Waals surface area (Å²) in [7, 11) is 0. The second-order valence-electron chi connectivity index (χ2n) is 13.1. The van der Waals surface area contributed by atoms with E-state index in [0.29, 0.717) is 22.0 Å². The number of ether oxygens (including phenoxy) is 1. The molecule has 3 aromatic rings. The van der Waals surface area contributed by atoms with Gasteiger partial charge in [-0.3, -0.25) is 30.1 Å². The van der Waals surface area contributed by atoms with E-state index < -0.39 is 65.1 Å². The number of fused-ring (bicyclic) bond motifs is 1. The van der Waals surface area contributed by atoms with Gasteiger partial charge in [-0.2, -0.15) is 0 Å². The first kappa shape index (κ1) is 37.0. The number of alkyl carbamates (subject to hydrolysis) is 1. The second-order valence-corrected chi connectivity index (χ2v) is 14.6. The minimum absolute atomic E-state index is 0.0279. The summed E-state index contributed by atoms with van der Waals surface area (Å²) in [5.41, 5.74) is 4.46. The number of likely N-dealkylation sites (tertiary alicyclic amines) is 1. The summed E-state index contributed by atoms with van der Waals surface area (Å²) in [4.78, 5) is 56.2. The van der Waals surface area contributed by atoms with Crippen LogP contribution in [0.3, 0.4) is 0 Å². The van der Waals surface area contributed by atoms with Crippen molar-refractivity contribution >= 4 is 52.9 Å². The first-order valence-corrected chi connectivity index (χ1v) is 17.2. The van der Waals surface area contributed by atoms with E-state index in [1.165, 1.54) is 4.90 Å². The van der Waals surface area contributed by atoms with Crippen LogP contribution in [-0.4, -0.2) is 65.1 Å². The summed E-state index contributed by atoms with van der Waals surface area (Å²) in [5.74, 6) is -8.84. The van der Waals surface area contributed by atoms with Crippen LogP contribution < -0.4 is 21.1 Å². The quantitative estimate of drug-likeness (QED) is 0.258. The van der Waals surface area contributed by atoms with Crippen LogP contribution in [0.2, 0.25) is 5.02 Å².